The van der Waals surface area contributed by atoms with E-state index in [1.165, 1.54) is 5.56 Å². The van der Waals surface area contributed by atoms with Crippen molar-refractivity contribution in [3.8, 4) is 0 Å². The summed E-state index contributed by atoms with van der Waals surface area (Å²) in [4.78, 5) is 11.8. The molecular formula is C16H24N2O. The van der Waals surface area contributed by atoms with Gasteiger partial charge in [0.1, 0.15) is 5.78 Å². The number of carbonyl (C=O) groups is 1. The molecular weight excluding hydrogens is 236 g/mol. The number of rotatable bonds is 5. The van der Waals surface area contributed by atoms with Gasteiger partial charge in [0.05, 0.1) is 5.92 Å². The van der Waals surface area contributed by atoms with E-state index in [1.807, 2.05) is 0 Å². The van der Waals surface area contributed by atoms with E-state index in [1.54, 1.807) is 6.92 Å². The SMILES string of the molecule is CC(=O)[C@H](CNC1CCNCC1)c1ccc(C)cc1. The number of carbonyl (C=O) groups excluding carboxylic acids is 1. The zero-order chi connectivity index (χ0) is 13.7. The van der Waals surface area contributed by atoms with Crippen LogP contribution in [0, 0.1) is 6.92 Å². The summed E-state index contributed by atoms with van der Waals surface area (Å²) < 4.78 is 0. The predicted octanol–water partition coefficient (Wildman–Crippen LogP) is 2.01. The molecule has 0 amide bonds. The van der Waals surface area contributed by atoms with Gasteiger partial charge in [-0.3, -0.25) is 4.79 Å². The summed E-state index contributed by atoms with van der Waals surface area (Å²) in [6.07, 6.45) is 2.30. The van der Waals surface area contributed by atoms with Gasteiger partial charge < -0.3 is 10.6 Å². The second-order valence-electron chi connectivity index (χ2n) is 5.51. The summed E-state index contributed by atoms with van der Waals surface area (Å²) in [7, 11) is 0. The zero-order valence-corrected chi connectivity index (χ0v) is 11.9. The molecule has 0 saturated carbocycles. The van der Waals surface area contributed by atoms with Gasteiger partial charge in [0.25, 0.3) is 0 Å². The molecule has 3 heteroatoms. The van der Waals surface area contributed by atoms with Crippen LogP contribution in [-0.4, -0.2) is 31.5 Å². The fourth-order valence-corrected chi connectivity index (χ4v) is 2.61. The van der Waals surface area contributed by atoms with Crippen LogP contribution in [0.2, 0.25) is 0 Å². The molecule has 19 heavy (non-hydrogen) atoms. The minimum absolute atomic E-state index is 0.0181. The molecule has 1 heterocycles. The standard InChI is InChI=1S/C16H24N2O/c1-12-3-5-14(6-4-12)16(13(2)19)11-18-15-7-9-17-10-8-15/h3-6,15-18H,7-11H2,1-2H3/t16-/m0/s1. The van der Waals surface area contributed by atoms with E-state index in [0.29, 0.717) is 6.04 Å². The molecule has 1 atom stereocenters. The van der Waals surface area contributed by atoms with Crippen molar-refractivity contribution in [1.82, 2.24) is 10.6 Å². The Balaban J connectivity index is 1.96. The van der Waals surface area contributed by atoms with Crippen molar-refractivity contribution >= 4 is 5.78 Å². The van der Waals surface area contributed by atoms with Gasteiger partial charge in [-0.25, -0.2) is 0 Å². The van der Waals surface area contributed by atoms with Crippen molar-refractivity contribution in [2.24, 2.45) is 0 Å². The molecule has 0 spiro atoms. The lowest BCUT2D eigenvalue weighted by Crippen LogP contribution is -2.42. The summed E-state index contributed by atoms with van der Waals surface area (Å²) in [6.45, 7) is 6.66. The van der Waals surface area contributed by atoms with Crippen LogP contribution in [0.15, 0.2) is 24.3 Å². The van der Waals surface area contributed by atoms with Crippen LogP contribution < -0.4 is 10.6 Å². The minimum atomic E-state index is -0.0181. The summed E-state index contributed by atoms with van der Waals surface area (Å²) in [5.74, 6) is 0.223. The Bertz CT molecular complexity index is 407. The van der Waals surface area contributed by atoms with Crippen LogP contribution in [0.1, 0.15) is 36.8 Å². The normalized spacial score (nSPS) is 18.2. The molecule has 0 unspecified atom stereocenters. The Kier molecular flexibility index (Phi) is 5.11. The molecule has 0 radical (unpaired) electrons. The monoisotopic (exact) mass is 260 g/mol. The number of hydrogen-bond donors (Lipinski definition) is 2. The largest absolute Gasteiger partial charge is 0.317 e. The van der Waals surface area contributed by atoms with E-state index >= 15 is 0 Å². The van der Waals surface area contributed by atoms with Gasteiger partial charge in [-0.2, -0.15) is 0 Å². The Labute approximate surface area is 115 Å². The molecule has 2 N–H and O–H groups in total. The lowest BCUT2D eigenvalue weighted by Gasteiger charge is -2.26. The van der Waals surface area contributed by atoms with Gasteiger partial charge in [-0.1, -0.05) is 29.8 Å². The first kappa shape index (κ1) is 14.2. The third-order valence-electron chi connectivity index (χ3n) is 3.92. The first-order valence-electron chi connectivity index (χ1n) is 7.18. The molecule has 0 bridgehead atoms. The van der Waals surface area contributed by atoms with E-state index in [2.05, 4.69) is 41.8 Å². The van der Waals surface area contributed by atoms with Gasteiger partial charge in [0.2, 0.25) is 0 Å². The lowest BCUT2D eigenvalue weighted by atomic mass is 9.94. The maximum Gasteiger partial charge on any atom is 0.138 e. The maximum absolute atomic E-state index is 11.8. The van der Waals surface area contributed by atoms with E-state index in [4.69, 9.17) is 0 Å². The molecule has 1 aromatic carbocycles. The van der Waals surface area contributed by atoms with Gasteiger partial charge >= 0.3 is 0 Å². The van der Waals surface area contributed by atoms with E-state index in [0.717, 1.165) is 38.0 Å². The van der Waals surface area contributed by atoms with Crippen LogP contribution in [0.3, 0.4) is 0 Å². The number of ketones is 1. The molecule has 2 rings (SSSR count). The highest BCUT2D eigenvalue weighted by molar-refractivity contribution is 5.83. The van der Waals surface area contributed by atoms with Crippen LogP contribution in [0.4, 0.5) is 0 Å². The van der Waals surface area contributed by atoms with Crippen LogP contribution >= 0.6 is 0 Å². The second-order valence-corrected chi connectivity index (χ2v) is 5.51. The average molecular weight is 260 g/mol. The van der Waals surface area contributed by atoms with Crippen molar-refractivity contribution in [3.05, 3.63) is 35.4 Å². The third-order valence-corrected chi connectivity index (χ3v) is 3.92. The van der Waals surface area contributed by atoms with Crippen molar-refractivity contribution in [2.75, 3.05) is 19.6 Å². The fraction of sp³-hybridized carbons (Fsp3) is 0.562. The first-order chi connectivity index (χ1) is 9.16. The van der Waals surface area contributed by atoms with E-state index in [-0.39, 0.29) is 11.7 Å². The fourth-order valence-electron chi connectivity index (χ4n) is 2.61. The number of hydrogen-bond acceptors (Lipinski definition) is 3. The summed E-state index contributed by atoms with van der Waals surface area (Å²) in [6, 6.07) is 8.86. The molecule has 1 aliphatic heterocycles. The van der Waals surface area contributed by atoms with Crippen molar-refractivity contribution in [1.29, 1.82) is 0 Å². The molecule has 0 aromatic heterocycles. The highest BCUT2D eigenvalue weighted by Gasteiger charge is 2.19. The molecule has 0 aliphatic carbocycles. The highest BCUT2D eigenvalue weighted by Crippen LogP contribution is 2.17. The smallest absolute Gasteiger partial charge is 0.138 e. The molecule has 3 nitrogen and oxygen atoms in total. The topological polar surface area (TPSA) is 41.1 Å². The summed E-state index contributed by atoms with van der Waals surface area (Å²) in [5.41, 5.74) is 2.36. The molecule has 1 saturated heterocycles. The average Bonchev–Trinajstić information content (AvgIpc) is 2.42. The lowest BCUT2D eigenvalue weighted by molar-refractivity contribution is -0.118. The highest BCUT2D eigenvalue weighted by atomic mass is 16.1. The van der Waals surface area contributed by atoms with Crippen LogP contribution in [0.25, 0.3) is 0 Å². The number of aryl methyl sites for hydroxylation is 1. The third kappa shape index (κ3) is 4.15. The number of piperidine rings is 1. The zero-order valence-electron chi connectivity index (χ0n) is 11.9. The molecule has 1 fully saturated rings. The van der Waals surface area contributed by atoms with Gasteiger partial charge in [-0.15, -0.1) is 0 Å². The van der Waals surface area contributed by atoms with Gasteiger partial charge in [-0.05, 0) is 45.3 Å². The Morgan fingerprint density at radius 3 is 2.53 bits per heavy atom. The molecule has 1 aliphatic rings. The predicted molar refractivity (Wildman–Crippen MR) is 78.5 cm³/mol. The number of nitrogens with one attached hydrogen (secondary N) is 2. The van der Waals surface area contributed by atoms with E-state index in [9.17, 15) is 4.79 Å². The minimum Gasteiger partial charge on any atom is -0.317 e. The molecule has 1 aromatic rings. The second kappa shape index (κ2) is 6.83. The van der Waals surface area contributed by atoms with Crippen LogP contribution in [0.5, 0.6) is 0 Å². The number of Topliss-reactive ketones (excluding diaryl/α,β-unsaturated/α-hetero) is 1. The first-order valence-corrected chi connectivity index (χ1v) is 7.18. The van der Waals surface area contributed by atoms with Crippen molar-refractivity contribution in [2.45, 2.75) is 38.6 Å². The van der Waals surface area contributed by atoms with Crippen molar-refractivity contribution in [3.63, 3.8) is 0 Å². The quantitative estimate of drug-likeness (QED) is 0.851. The van der Waals surface area contributed by atoms with Crippen molar-refractivity contribution < 1.29 is 4.79 Å². The number of benzene rings is 1. The maximum atomic E-state index is 11.8. The Morgan fingerprint density at radius 2 is 1.95 bits per heavy atom. The van der Waals surface area contributed by atoms with E-state index < -0.39 is 0 Å². The molecule has 104 valence electrons. The Hall–Kier alpha value is -1.19. The van der Waals surface area contributed by atoms with Gasteiger partial charge in [0, 0.05) is 12.6 Å². The Morgan fingerprint density at radius 1 is 1.32 bits per heavy atom. The van der Waals surface area contributed by atoms with Crippen LogP contribution in [-0.2, 0) is 4.79 Å². The summed E-state index contributed by atoms with van der Waals surface area (Å²) >= 11 is 0. The van der Waals surface area contributed by atoms with Gasteiger partial charge in [0.15, 0.2) is 0 Å². The summed E-state index contributed by atoms with van der Waals surface area (Å²) in [5, 5.41) is 6.91.